The number of nitrogens with one attached hydrogen (secondary N) is 1. The smallest absolute Gasteiger partial charge is 0.310 e. The maximum Gasteiger partial charge on any atom is 0.310 e. The molecule has 2 amide bonds. The first kappa shape index (κ1) is 27.2. The molecule has 0 saturated carbocycles. The van der Waals surface area contributed by atoms with Crippen LogP contribution >= 0.6 is 27.7 Å². The predicted molar refractivity (Wildman–Crippen MR) is 136 cm³/mol. The number of rotatable bonds is 10. The van der Waals surface area contributed by atoms with Gasteiger partial charge in [0.15, 0.2) is 0 Å². The molecule has 4 heterocycles. The van der Waals surface area contributed by atoms with Gasteiger partial charge in [-0.2, -0.15) is 0 Å². The number of hydrogen-bond acceptors (Lipinski definition) is 8. The quantitative estimate of drug-likeness (QED) is 0.292. The Morgan fingerprint density at radius 1 is 1.34 bits per heavy atom. The van der Waals surface area contributed by atoms with Crippen LogP contribution in [0.3, 0.4) is 0 Å². The van der Waals surface area contributed by atoms with Crippen molar-refractivity contribution in [1.29, 1.82) is 0 Å². The number of carbonyl (C=O) groups is 3. The van der Waals surface area contributed by atoms with Gasteiger partial charge >= 0.3 is 5.97 Å². The molecular formula is C24H38BrN3O6S. The van der Waals surface area contributed by atoms with Crippen LogP contribution in [-0.4, -0.2) is 112 Å². The molecule has 4 aliphatic heterocycles. The van der Waals surface area contributed by atoms with E-state index in [0.717, 1.165) is 13.1 Å². The van der Waals surface area contributed by atoms with Crippen molar-refractivity contribution in [3.8, 4) is 0 Å². The average Bonchev–Trinajstić information content (AvgIpc) is 3.41. The molecule has 9 nitrogen and oxygen atoms in total. The molecule has 0 aromatic carbocycles. The number of nitrogens with zero attached hydrogens (tertiary/aromatic N) is 2. The number of aliphatic hydroxyl groups excluding tert-OH is 1. The van der Waals surface area contributed by atoms with Crippen LogP contribution < -0.4 is 5.32 Å². The minimum atomic E-state index is -0.741. The summed E-state index contributed by atoms with van der Waals surface area (Å²) in [4.78, 5) is 44.7. The second-order valence-electron chi connectivity index (χ2n) is 10.4. The Morgan fingerprint density at radius 2 is 2.06 bits per heavy atom. The van der Waals surface area contributed by atoms with Gasteiger partial charge in [-0.05, 0) is 25.7 Å². The molecule has 2 bridgehead atoms. The molecule has 3 unspecified atom stereocenters. The molecule has 11 heteroatoms. The van der Waals surface area contributed by atoms with Gasteiger partial charge < -0.3 is 24.8 Å². The van der Waals surface area contributed by atoms with Gasteiger partial charge in [-0.25, -0.2) is 0 Å². The van der Waals surface area contributed by atoms with Crippen molar-refractivity contribution in [2.24, 2.45) is 17.8 Å². The highest BCUT2D eigenvalue weighted by atomic mass is 79.9. The van der Waals surface area contributed by atoms with Crippen LogP contribution in [0.5, 0.6) is 0 Å². The van der Waals surface area contributed by atoms with E-state index in [1.807, 2.05) is 13.8 Å². The van der Waals surface area contributed by atoms with E-state index < -0.39 is 28.7 Å². The van der Waals surface area contributed by atoms with E-state index in [1.54, 1.807) is 23.6 Å². The second-order valence-corrected chi connectivity index (χ2v) is 13.1. The van der Waals surface area contributed by atoms with Gasteiger partial charge in [0, 0.05) is 36.3 Å². The Morgan fingerprint density at radius 3 is 2.69 bits per heavy atom. The lowest BCUT2D eigenvalue weighted by molar-refractivity contribution is -0.154. The van der Waals surface area contributed by atoms with Gasteiger partial charge in [-0.3, -0.25) is 19.3 Å². The molecule has 0 radical (unpaired) electrons. The summed E-state index contributed by atoms with van der Waals surface area (Å²) >= 11 is 5.34. The van der Waals surface area contributed by atoms with Crippen LogP contribution in [0.25, 0.3) is 0 Å². The minimum Gasteiger partial charge on any atom is -0.466 e. The van der Waals surface area contributed by atoms with Crippen molar-refractivity contribution in [3.05, 3.63) is 0 Å². The first-order valence-corrected chi connectivity index (χ1v) is 14.5. The van der Waals surface area contributed by atoms with Crippen LogP contribution in [0.4, 0.5) is 0 Å². The zero-order valence-corrected chi connectivity index (χ0v) is 23.2. The van der Waals surface area contributed by atoms with E-state index in [2.05, 4.69) is 26.1 Å². The van der Waals surface area contributed by atoms with Crippen molar-refractivity contribution >= 4 is 45.5 Å². The van der Waals surface area contributed by atoms with E-state index in [-0.39, 0.29) is 47.0 Å². The van der Waals surface area contributed by atoms with E-state index in [4.69, 9.17) is 9.47 Å². The number of halogens is 1. The normalized spacial score (nSPS) is 35.4. The van der Waals surface area contributed by atoms with Crippen molar-refractivity contribution in [2.45, 2.75) is 60.5 Å². The molecule has 0 aromatic heterocycles. The summed E-state index contributed by atoms with van der Waals surface area (Å²) in [5.74, 6) is -1.76. The molecule has 4 saturated heterocycles. The Bertz CT molecular complexity index is 812. The topological polar surface area (TPSA) is 108 Å². The largest absolute Gasteiger partial charge is 0.466 e. The number of morpholine rings is 1. The Balaban J connectivity index is 1.62. The molecule has 2 N–H and O–H groups in total. The summed E-state index contributed by atoms with van der Waals surface area (Å²) in [5.41, 5.74) is 0. The third-order valence-electron chi connectivity index (χ3n) is 7.71. The molecule has 35 heavy (non-hydrogen) atoms. The first-order chi connectivity index (χ1) is 16.7. The lowest BCUT2D eigenvalue weighted by atomic mass is 9.71. The van der Waals surface area contributed by atoms with Crippen LogP contribution in [-0.2, 0) is 23.9 Å². The third kappa shape index (κ3) is 5.00. The number of carbonyl (C=O) groups excluding carboxylic acids is 3. The molecule has 4 aliphatic rings. The highest BCUT2D eigenvalue weighted by Gasteiger charge is 2.76. The van der Waals surface area contributed by atoms with Crippen molar-refractivity contribution in [1.82, 2.24) is 15.1 Å². The van der Waals surface area contributed by atoms with E-state index >= 15 is 0 Å². The molecule has 7 atom stereocenters. The van der Waals surface area contributed by atoms with Crippen LogP contribution in [0.2, 0.25) is 0 Å². The lowest BCUT2D eigenvalue weighted by Gasteiger charge is -2.38. The average molecular weight is 577 g/mol. The number of likely N-dealkylation sites (tertiary alicyclic amines) is 1. The molecule has 4 fully saturated rings. The summed E-state index contributed by atoms with van der Waals surface area (Å²) in [5, 5.41) is 13.3. The maximum atomic E-state index is 14.0. The van der Waals surface area contributed by atoms with E-state index in [9.17, 15) is 19.5 Å². The van der Waals surface area contributed by atoms with Gasteiger partial charge in [-0.15, -0.1) is 11.8 Å². The monoisotopic (exact) mass is 575 g/mol. The Hall–Kier alpha value is -0.880. The number of aliphatic hydroxyl groups is 1. The van der Waals surface area contributed by atoms with Gasteiger partial charge in [0.05, 0.1) is 49.1 Å². The summed E-state index contributed by atoms with van der Waals surface area (Å²) in [7, 11) is 0. The predicted octanol–water partition coefficient (Wildman–Crippen LogP) is 0.870. The summed E-state index contributed by atoms with van der Waals surface area (Å²) in [6.45, 7) is 10.1. The molecule has 4 rings (SSSR count). The fourth-order valence-electron chi connectivity index (χ4n) is 6.35. The standard InChI is InChI=1S/C24H38BrN3O6S/c1-4-34-23(32)17-18-22(31)28(15(13-29)11-14(2)3)20(24(18)12-16(25)19(17)35-24)21(30)26-5-6-27-7-9-33-10-8-27/h14-20,29H,4-13H2,1-3H3,(H,26,30)/t15-,16?,17+,18+,19+,20?,24?/m1/s1. The van der Waals surface area contributed by atoms with Crippen LogP contribution in [0.15, 0.2) is 0 Å². The van der Waals surface area contributed by atoms with Crippen LogP contribution in [0, 0.1) is 17.8 Å². The maximum absolute atomic E-state index is 14.0. The molecule has 198 valence electrons. The van der Waals surface area contributed by atoms with Gasteiger partial charge in [0.25, 0.3) is 0 Å². The fourth-order valence-corrected chi connectivity index (χ4v) is 9.93. The van der Waals surface area contributed by atoms with Gasteiger partial charge in [0.1, 0.15) is 6.04 Å². The number of hydrogen-bond donors (Lipinski definition) is 2. The van der Waals surface area contributed by atoms with Crippen molar-refractivity contribution in [3.63, 3.8) is 0 Å². The van der Waals surface area contributed by atoms with Crippen molar-refractivity contribution in [2.75, 3.05) is 52.6 Å². The number of amides is 2. The Kier molecular flexibility index (Phi) is 8.73. The molecule has 1 spiro atoms. The first-order valence-electron chi connectivity index (χ1n) is 12.7. The number of alkyl halides is 1. The number of ether oxygens (including phenoxy) is 2. The van der Waals surface area contributed by atoms with E-state index in [0.29, 0.717) is 39.1 Å². The summed E-state index contributed by atoms with van der Waals surface area (Å²) in [6, 6.07) is -1.22. The number of esters is 1. The molecular weight excluding hydrogens is 538 g/mol. The van der Waals surface area contributed by atoms with Gasteiger partial charge in [0.2, 0.25) is 11.8 Å². The minimum absolute atomic E-state index is 0.00670. The highest BCUT2D eigenvalue weighted by Crippen LogP contribution is 2.68. The Labute approximate surface area is 220 Å². The van der Waals surface area contributed by atoms with Crippen LogP contribution in [0.1, 0.15) is 33.6 Å². The summed E-state index contributed by atoms with van der Waals surface area (Å²) < 4.78 is 10.1. The lowest BCUT2D eigenvalue weighted by Crippen LogP contribution is -2.57. The SMILES string of the molecule is CCOC(=O)[C@H]1[C@H]2C(=O)N([C@@H](CO)CC(C)C)C(C(=O)NCCN3CCOCC3)C23CC(Br)[C@@H]1S3. The number of fused-ring (bicyclic) bond motifs is 1. The zero-order valence-electron chi connectivity index (χ0n) is 20.8. The zero-order chi connectivity index (χ0) is 25.3. The molecule has 0 aliphatic carbocycles. The second kappa shape index (κ2) is 11.2. The van der Waals surface area contributed by atoms with E-state index in [1.165, 1.54) is 0 Å². The fraction of sp³-hybridized carbons (Fsp3) is 0.875. The highest BCUT2D eigenvalue weighted by molar-refractivity contribution is 9.09. The summed E-state index contributed by atoms with van der Waals surface area (Å²) in [6.07, 6.45) is 1.20. The molecule has 0 aromatic rings. The third-order valence-corrected chi connectivity index (χ3v) is 10.9. The number of thioether (sulfide) groups is 1. The van der Waals surface area contributed by atoms with Gasteiger partial charge in [-0.1, -0.05) is 29.8 Å². The van der Waals surface area contributed by atoms with Crippen molar-refractivity contribution < 1.29 is 29.0 Å².